The Kier molecular flexibility index (Phi) is 4.00. The molecule has 3 nitrogen and oxygen atoms in total. The lowest BCUT2D eigenvalue weighted by atomic mass is 9.79. The molecule has 2 aromatic carbocycles. The summed E-state index contributed by atoms with van der Waals surface area (Å²) in [5.41, 5.74) is 1.21. The summed E-state index contributed by atoms with van der Waals surface area (Å²) in [7, 11) is 0. The first kappa shape index (κ1) is 16.3. The second-order valence-corrected chi connectivity index (χ2v) is 8.79. The zero-order chi connectivity index (χ0) is 17.6. The highest BCUT2D eigenvalue weighted by Gasteiger charge is 2.43. The van der Waals surface area contributed by atoms with Crippen molar-refractivity contribution in [3.63, 3.8) is 0 Å². The lowest BCUT2D eigenvalue weighted by Gasteiger charge is -2.40. The summed E-state index contributed by atoms with van der Waals surface area (Å²) in [6.07, 6.45) is 6.60. The number of carbonyl (C=O) groups excluding carboxylic acids is 1. The molecular weight excluding hydrogens is 320 g/mol. The van der Waals surface area contributed by atoms with Crippen molar-refractivity contribution in [3.8, 4) is 0 Å². The van der Waals surface area contributed by atoms with Gasteiger partial charge in [-0.1, -0.05) is 36.4 Å². The molecule has 136 valence electrons. The van der Waals surface area contributed by atoms with E-state index in [-0.39, 0.29) is 5.91 Å². The molecule has 1 aliphatic carbocycles. The standard InChI is InChI=1S/C23H28N2O/c26-22(21-8-3-6-19-5-1-2-7-20(19)21)25-14-12-23(17-25)11-4-13-24(16-23)15-18-9-10-18/h1-3,5-8,18H,4,9-17H2. The molecule has 2 aromatic rings. The van der Waals surface area contributed by atoms with Gasteiger partial charge in [0, 0.05) is 37.2 Å². The summed E-state index contributed by atoms with van der Waals surface area (Å²) >= 11 is 0. The Bertz CT molecular complexity index is 823. The largest absolute Gasteiger partial charge is 0.338 e. The molecule has 2 aliphatic heterocycles. The van der Waals surface area contributed by atoms with Crippen LogP contribution in [-0.4, -0.2) is 48.4 Å². The van der Waals surface area contributed by atoms with Crippen LogP contribution in [-0.2, 0) is 0 Å². The van der Waals surface area contributed by atoms with Gasteiger partial charge in [0.15, 0.2) is 0 Å². The molecule has 0 aromatic heterocycles. The smallest absolute Gasteiger partial charge is 0.254 e. The fourth-order valence-electron chi connectivity index (χ4n) is 5.16. The fraction of sp³-hybridized carbons (Fsp3) is 0.522. The molecule has 0 N–H and O–H groups in total. The van der Waals surface area contributed by atoms with Crippen LogP contribution in [0, 0.1) is 11.3 Å². The first-order chi connectivity index (χ1) is 12.7. The predicted octanol–water partition coefficient (Wildman–Crippen LogP) is 4.18. The van der Waals surface area contributed by atoms with Crippen LogP contribution in [0.2, 0.25) is 0 Å². The number of rotatable bonds is 3. The van der Waals surface area contributed by atoms with Crippen LogP contribution in [0.1, 0.15) is 42.5 Å². The number of amides is 1. The molecule has 3 aliphatic rings. The SMILES string of the molecule is O=C(c1cccc2ccccc12)N1CCC2(CCCN(CC3CC3)C2)C1. The number of piperidine rings is 1. The quantitative estimate of drug-likeness (QED) is 0.831. The molecule has 2 saturated heterocycles. The van der Waals surface area contributed by atoms with E-state index in [1.807, 2.05) is 24.3 Å². The Labute approximate surface area is 156 Å². The maximum atomic E-state index is 13.3. The molecule has 5 rings (SSSR count). The van der Waals surface area contributed by atoms with Gasteiger partial charge in [-0.25, -0.2) is 0 Å². The van der Waals surface area contributed by atoms with Crippen LogP contribution in [0.5, 0.6) is 0 Å². The lowest BCUT2D eigenvalue weighted by Crippen LogP contribution is -2.46. The van der Waals surface area contributed by atoms with Crippen molar-refractivity contribution >= 4 is 16.7 Å². The van der Waals surface area contributed by atoms with Crippen molar-refractivity contribution in [1.29, 1.82) is 0 Å². The molecule has 3 fully saturated rings. The van der Waals surface area contributed by atoms with Gasteiger partial charge in [0.05, 0.1) is 0 Å². The summed E-state index contributed by atoms with van der Waals surface area (Å²) in [6.45, 7) is 5.60. The van der Waals surface area contributed by atoms with Crippen LogP contribution < -0.4 is 0 Å². The van der Waals surface area contributed by atoms with Crippen molar-refractivity contribution < 1.29 is 4.79 Å². The van der Waals surface area contributed by atoms with Crippen LogP contribution in [0.25, 0.3) is 10.8 Å². The van der Waals surface area contributed by atoms with Gasteiger partial charge in [-0.15, -0.1) is 0 Å². The Morgan fingerprint density at radius 1 is 1.00 bits per heavy atom. The van der Waals surface area contributed by atoms with Crippen LogP contribution in [0.3, 0.4) is 0 Å². The number of carbonyl (C=O) groups is 1. The molecule has 1 unspecified atom stereocenters. The minimum absolute atomic E-state index is 0.220. The van der Waals surface area contributed by atoms with Crippen molar-refractivity contribution in [2.75, 3.05) is 32.7 Å². The number of benzene rings is 2. The Morgan fingerprint density at radius 3 is 2.73 bits per heavy atom. The van der Waals surface area contributed by atoms with Gasteiger partial charge in [-0.3, -0.25) is 4.79 Å². The summed E-state index contributed by atoms with van der Waals surface area (Å²) in [5, 5.41) is 2.24. The molecule has 0 radical (unpaired) electrons. The van der Waals surface area contributed by atoms with E-state index in [4.69, 9.17) is 0 Å². The van der Waals surface area contributed by atoms with Crippen LogP contribution in [0.15, 0.2) is 42.5 Å². The van der Waals surface area contributed by atoms with Crippen molar-refractivity contribution in [2.24, 2.45) is 11.3 Å². The fourth-order valence-corrected chi connectivity index (χ4v) is 5.16. The normalized spacial score (nSPS) is 26.7. The van der Waals surface area contributed by atoms with Crippen molar-refractivity contribution in [3.05, 3.63) is 48.0 Å². The van der Waals surface area contributed by atoms with Crippen LogP contribution >= 0.6 is 0 Å². The average molecular weight is 348 g/mol. The van der Waals surface area contributed by atoms with E-state index in [0.717, 1.165) is 35.3 Å². The Morgan fingerprint density at radius 2 is 1.85 bits per heavy atom. The topological polar surface area (TPSA) is 23.6 Å². The van der Waals surface area contributed by atoms with Gasteiger partial charge in [-0.05, 0) is 61.4 Å². The van der Waals surface area contributed by atoms with Gasteiger partial charge in [-0.2, -0.15) is 0 Å². The zero-order valence-corrected chi connectivity index (χ0v) is 15.5. The summed E-state index contributed by atoms with van der Waals surface area (Å²) in [6, 6.07) is 14.3. The van der Waals surface area contributed by atoms with Gasteiger partial charge in [0.2, 0.25) is 0 Å². The van der Waals surface area contributed by atoms with Gasteiger partial charge in [0.25, 0.3) is 5.91 Å². The van der Waals surface area contributed by atoms with E-state index in [1.165, 1.54) is 51.7 Å². The molecule has 1 saturated carbocycles. The number of nitrogens with zero attached hydrogens (tertiary/aromatic N) is 2. The van der Waals surface area contributed by atoms with E-state index in [0.29, 0.717) is 5.41 Å². The highest BCUT2D eigenvalue weighted by Crippen LogP contribution is 2.41. The molecule has 1 spiro atoms. The zero-order valence-electron chi connectivity index (χ0n) is 15.5. The Balaban J connectivity index is 1.34. The third-order valence-electron chi connectivity index (χ3n) is 6.70. The van der Waals surface area contributed by atoms with E-state index >= 15 is 0 Å². The monoisotopic (exact) mass is 348 g/mol. The third-order valence-corrected chi connectivity index (χ3v) is 6.70. The number of likely N-dealkylation sites (tertiary alicyclic amines) is 2. The summed E-state index contributed by atoms with van der Waals surface area (Å²) in [4.78, 5) is 18.1. The maximum Gasteiger partial charge on any atom is 0.254 e. The molecule has 2 heterocycles. The number of hydrogen-bond acceptors (Lipinski definition) is 2. The first-order valence-electron chi connectivity index (χ1n) is 10.2. The van der Waals surface area contributed by atoms with E-state index in [1.54, 1.807) is 0 Å². The van der Waals surface area contributed by atoms with Crippen molar-refractivity contribution in [2.45, 2.75) is 32.1 Å². The van der Waals surface area contributed by atoms with E-state index in [9.17, 15) is 4.79 Å². The number of hydrogen-bond donors (Lipinski definition) is 0. The highest BCUT2D eigenvalue weighted by molar-refractivity contribution is 6.07. The Hall–Kier alpha value is -1.87. The second-order valence-electron chi connectivity index (χ2n) is 8.79. The van der Waals surface area contributed by atoms with Gasteiger partial charge in [0.1, 0.15) is 0 Å². The molecule has 0 bridgehead atoms. The minimum Gasteiger partial charge on any atom is -0.338 e. The first-order valence-corrected chi connectivity index (χ1v) is 10.2. The second kappa shape index (κ2) is 6.38. The molecule has 26 heavy (non-hydrogen) atoms. The molecule has 3 heteroatoms. The van der Waals surface area contributed by atoms with Crippen LogP contribution in [0.4, 0.5) is 0 Å². The van der Waals surface area contributed by atoms with E-state index in [2.05, 4.69) is 28.0 Å². The summed E-state index contributed by atoms with van der Waals surface area (Å²) in [5.74, 6) is 1.18. The number of fused-ring (bicyclic) bond motifs is 1. The third kappa shape index (κ3) is 3.03. The summed E-state index contributed by atoms with van der Waals surface area (Å²) < 4.78 is 0. The van der Waals surface area contributed by atoms with Gasteiger partial charge >= 0.3 is 0 Å². The molecular formula is C23H28N2O. The lowest BCUT2D eigenvalue weighted by molar-refractivity contribution is 0.0683. The minimum atomic E-state index is 0.220. The molecule has 1 atom stereocenters. The highest BCUT2D eigenvalue weighted by atomic mass is 16.2. The molecule has 1 amide bonds. The maximum absolute atomic E-state index is 13.3. The van der Waals surface area contributed by atoms with Gasteiger partial charge < -0.3 is 9.80 Å². The van der Waals surface area contributed by atoms with E-state index < -0.39 is 0 Å². The van der Waals surface area contributed by atoms with Crippen molar-refractivity contribution in [1.82, 2.24) is 9.80 Å². The average Bonchev–Trinajstić information content (AvgIpc) is 3.40. The predicted molar refractivity (Wildman–Crippen MR) is 105 cm³/mol.